The first-order chi connectivity index (χ1) is 17.2. The zero-order valence-electron chi connectivity index (χ0n) is 20.1. The summed E-state index contributed by atoms with van der Waals surface area (Å²) in [5.41, 5.74) is 6.57. The lowest BCUT2D eigenvalue weighted by atomic mass is 10.1. The molecule has 0 radical (unpaired) electrons. The molecule has 9 nitrogen and oxygen atoms in total. The Morgan fingerprint density at radius 2 is 1.86 bits per heavy atom. The van der Waals surface area contributed by atoms with Crippen molar-refractivity contribution in [1.82, 2.24) is 19.1 Å². The number of sulfonamides is 1. The number of fused-ring (bicyclic) bond motifs is 2. The van der Waals surface area contributed by atoms with Crippen LogP contribution in [0.25, 0.3) is 10.8 Å². The number of piperazine rings is 1. The van der Waals surface area contributed by atoms with E-state index in [9.17, 15) is 18.0 Å². The van der Waals surface area contributed by atoms with E-state index in [1.165, 1.54) is 26.6 Å². The molecule has 5 rings (SSSR count). The molecule has 0 aliphatic carbocycles. The first-order valence-electron chi connectivity index (χ1n) is 11.7. The van der Waals surface area contributed by atoms with Gasteiger partial charge in [-0.25, -0.2) is 13.4 Å². The van der Waals surface area contributed by atoms with Crippen LogP contribution in [0.2, 0.25) is 5.02 Å². The molecule has 2 aromatic carbocycles. The van der Waals surface area contributed by atoms with E-state index in [0.29, 0.717) is 10.0 Å². The van der Waals surface area contributed by atoms with Crippen molar-refractivity contribution < 1.29 is 18.0 Å². The van der Waals surface area contributed by atoms with Crippen molar-refractivity contribution in [3.05, 3.63) is 57.0 Å². The van der Waals surface area contributed by atoms with Gasteiger partial charge in [0.25, 0.3) is 5.91 Å². The zero-order chi connectivity index (χ0) is 25.6. The highest BCUT2D eigenvalue weighted by molar-refractivity contribution is 7.89. The van der Waals surface area contributed by atoms with Crippen LogP contribution in [0.3, 0.4) is 0 Å². The van der Waals surface area contributed by atoms with Crippen molar-refractivity contribution in [2.24, 2.45) is 5.73 Å². The Morgan fingerprint density at radius 1 is 1.14 bits per heavy atom. The molecule has 2 aliphatic heterocycles. The molecule has 0 saturated carbocycles. The van der Waals surface area contributed by atoms with E-state index in [-0.39, 0.29) is 42.8 Å². The molecule has 198 valence electrons. The van der Waals surface area contributed by atoms with Crippen LogP contribution in [0.15, 0.2) is 41.3 Å². The SMILES string of the molecule is CCN1CCc2nc(C(=O)N3CCN(S(=O)(=O)c4ccc5cc(Cl)ccc5c4)CC3C(N)=O)sc2C1.Cl. The van der Waals surface area contributed by atoms with Gasteiger partial charge in [-0.15, -0.1) is 23.7 Å². The molecule has 2 amide bonds. The second-order valence-corrected chi connectivity index (χ2v) is 12.4. The molecule has 0 spiro atoms. The third-order valence-electron chi connectivity index (χ3n) is 6.78. The number of aromatic nitrogens is 1. The van der Waals surface area contributed by atoms with Gasteiger partial charge in [-0.2, -0.15) is 4.31 Å². The average Bonchev–Trinajstić information content (AvgIpc) is 3.30. The number of halogens is 2. The van der Waals surface area contributed by atoms with Crippen LogP contribution in [0, 0.1) is 0 Å². The van der Waals surface area contributed by atoms with Gasteiger partial charge in [0, 0.05) is 49.0 Å². The number of nitrogens with two attached hydrogens (primary N) is 1. The smallest absolute Gasteiger partial charge is 0.283 e. The van der Waals surface area contributed by atoms with Gasteiger partial charge in [-0.1, -0.05) is 30.7 Å². The van der Waals surface area contributed by atoms with E-state index >= 15 is 0 Å². The number of hydrogen-bond donors (Lipinski definition) is 1. The quantitative estimate of drug-likeness (QED) is 0.493. The summed E-state index contributed by atoms with van der Waals surface area (Å²) < 4.78 is 28.1. The fraction of sp³-hybridized carbons (Fsp3) is 0.375. The van der Waals surface area contributed by atoms with Gasteiger partial charge >= 0.3 is 0 Å². The molecular weight excluding hydrogens is 557 g/mol. The van der Waals surface area contributed by atoms with Crippen LogP contribution >= 0.6 is 35.3 Å². The molecule has 37 heavy (non-hydrogen) atoms. The molecule has 3 aromatic rings. The number of benzene rings is 2. The summed E-state index contributed by atoms with van der Waals surface area (Å²) in [5.74, 6) is -1.14. The third-order valence-corrected chi connectivity index (χ3v) is 9.95. The summed E-state index contributed by atoms with van der Waals surface area (Å²) in [7, 11) is -3.92. The fourth-order valence-corrected chi connectivity index (χ4v) is 7.46. The maximum Gasteiger partial charge on any atom is 0.283 e. The van der Waals surface area contributed by atoms with Gasteiger partial charge < -0.3 is 10.6 Å². The van der Waals surface area contributed by atoms with Crippen molar-refractivity contribution >= 4 is 68.0 Å². The number of hydrogen-bond acceptors (Lipinski definition) is 7. The summed E-state index contributed by atoms with van der Waals surface area (Å²) in [5, 5.41) is 2.43. The van der Waals surface area contributed by atoms with Crippen molar-refractivity contribution in [1.29, 1.82) is 0 Å². The first-order valence-corrected chi connectivity index (χ1v) is 14.3. The van der Waals surface area contributed by atoms with Crippen LogP contribution in [-0.2, 0) is 27.8 Å². The first kappa shape index (κ1) is 27.7. The Morgan fingerprint density at radius 3 is 2.59 bits per heavy atom. The number of carbonyl (C=O) groups is 2. The van der Waals surface area contributed by atoms with Gasteiger partial charge in [0.15, 0.2) is 5.01 Å². The molecule has 0 bridgehead atoms. The predicted molar refractivity (Wildman–Crippen MR) is 146 cm³/mol. The maximum atomic E-state index is 13.4. The van der Waals surface area contributed by atoms with E-state index in [2.05, 4.69) is 16.8 Å². The fourth-order valence-electron chi connectivity index (χ4n) is 4.70. The van der Waals surface area contributed by atoms with E-state index < -0.39 is 22.0 Å². The van der Waals surface area contributed by atoms with Gasteiger partial charge in [-0.05, 0) is 41.6 Å². The molecule has 1 unspecified atom stereocenters. The molecule has 13 heteroatoms. The summed E-state index contributed by atoms with van der Waals surface area (Å²) >= 11 is 7.37. The highest BCUT2D eigenvalue weighted by atomic mass is 35.5. The lowest BCUT2D eigenvalue weighted by molar-refractivity contribution is -0.123. The molecule has 2 N–H and O–H groups in total. The molecule has 3 heterocycles. The maximum absolute atomic E-state index is 13.4. The third kappa shape index (κ3) is 5.34. The summed E-state index contributed by atoms with van der Waals surface area (Å²) in [6, 6.07) is 8.92. The Kier molecular flexibility index (Phi) is 8.13. The van der Waals surface area contributed by atoms with Crippen molar-refractivity contribution in [2.75, 3.05) is 32.7 Å². The van der Waals surface area contributed by atoms with Crippen molar-refractivity contribution in [3.8, 4) is 0 Å². The van der Waals surface area contributed by atoms with Crippen LogP contribution in [0.4, 0.5) is 0 Å². The monoisotopic (exact) mass is 583 g/mol. The largest absolute Gasteiger partial charge is 0.368 e. The second-order valence-electron chi connectivity index (χ2n) is 8.94. The number of carbonyl (C=O) groups excluding carboxylic acids is 2. The standard InChI is InChI=1S/C24H26ClN5O4S2.ClH/c1-2-28-8-7-19-21(14-28)35-23(27-19)24(32)30-10-9-29(13-20(30)22(26)31)36(33,34)18-6-4-15-11-17(25)5-3-16(15)12-18;/h3-6,11-12,20H,2,7-10,13-14H2,1H3,(H2,26,31);1H. The van der Waals surface area contributed by atoms with Crippen LogP contribution in [-0.4, -0.2) is 78.1 Å². The summed E-state index contributed by atoms with van der Waals surface area (Å²) in [6.07, 6.45) is 0.774. The zero-order valence-corrected chi connectivity index (χ0v) is 23.3. The molecule has 2 aliphatic rings. The normalized spacial score (nSPS) is 18.9. The van der Waals surface area contributed by atoms with Gasteiger partial charge in [0.05, 0.1) is 10.6 Å². The van der Waals surface area contributed by atoms with E-state index in [4.69, 9.17) is 17.3 Å². The average molecular weight is 585 g/mol. The lowest BCUT2D eigenvalue weighted by Crippen LogP contribution is -2.60. The molecule has 1 saturated heterocycles. The number of nitrogens with zero attached hydrogens (tertiary/aromatic N) is 4. The van der Waals surface area contributed by atoms with Crippen LogP contribution in [0.1, 0.15) is 27.3 Å². The minimum atomic E-state index is -3.92. The number of amides is 2. The van der Waals surface area contributed by atoms with Crippen molar-refractivity contribution in [2.45, 2.75) is 30.8 Å². The summed E-state index contributed by atoms with van der Waals surface area (Å²) in [4.78, 5) is 35.1. The Hall–Kier alpha value is -2.28. The highest BCUT2D eigenvalue weighted by Crippen LogP contribution is 2.29. The van der Waals surface area contributed by atoms with Crippen molar-refractivity contribution in [3.63, 3.8) is 0 Å². The topological polar surface area (TPSA) is 117 Å². The van der Waals surface area contributed by atoms with Gasteiger partial charge in [0.2, 0.25) is 15.9 Å². The predicted octanol–water partition coefficient (Wildman–Crippen LogP) is 2.75. The van der Waals surface area contributed by atoms with E-state index in [1.54, 1.807) is 30.3 Å². The Balaban J connectivity index is 0.00000320. The number of primary amides is 1. The minimum Gasteiger partial charge on any atom is -0.368 e. The lowest BCUT2D eigenvalue weighted by Gasteiger charge is -2.38. The van der Waals surface area contributed by atoms with Gasteiger partial charge in [-0.3, -0.25) is 14.5 Å². The Bertz CT molecular complexity index is 1460. The number of thiazole rings is 1. The van der Waals surface area contributed by atoms with Crippen LogP contribution in [0.5, 0.6) is 0 Å². The molecule has 1 aromatic heterocycles. The van der Waals surface area contributed by atoms with E-state index in [1.807, 2.05) is 0 Å². The summed E-state index contributed by atoms with van der Waals surface area (Å²) in [6.45, 7) is 4.54. The van der Waals surface area contributed by atoms with Crippen LogP contribution < -0.4 is 5.73 Å². The molecule has 1 atom stereocenters. The minimum absolute atomic E-state index is 0. The molecule has 1 fully saturated rings. The highest BCUT2D eigenvalue weighted by Gasteiger charge is 2.40. The van der Waals surface area contributed by atoms with E-state index in [0.717, 1.165) is 47.4 Å². The molecular formula is C24H27Cl2N5O4S2. The Labute approximate surface area is 230 Å². The number of likely N-dealkylation sites (N-methyl/N-ethyl adjacent to an activating group) is 1. The van der Waals surface area contributed by atoms with Gasteiger partial charge in [0.1, 0.15) is 6.04 Å². The number of rotatable bonds is 5. The second kappa shape index (κ2) is 10.8.